The summed E-state index contributed by atoms with van der Waals surface area (Å²) in [5, 5.41) is 6.55. The first-order valence-electron chi connectivity index (χ1n) is 10.2. The number of rotatable bonds is 11. The number of methoxy groups -OCH3 is 1. The highest BCUT2D eigenvalue weighted by Gasteiger charge is 2.21. The molecule has 2 unspecified atom stereocenters. The number of nitrogens with one attached hydrogen (secondary N) is 2. The van der Waals surface area contributed by atoms with Crippen molar-refractivity contribution in [2.45, 2.75) is 40.0 Å². The maximum absolute atomic E-state index is 12.9. The zero-order valence-corrected chi connectivity index (χ0v) is 17.5. The summed E-state index contributed by atoms with van der Waals surface area (Å²) in [7, 11) is 1.62. The first-order valence-corrected chi connectivity index (χ1v) is 10.2. The minimum absolute atomic E-state index is 0.0199. The van der Waals surface area contributed by atoms with Gasteiger partial charge in [0.15, 0.2) is 0 Å². The Bertz CT molecular complexity index is 734. The van der Waals surface area contributed by atoms with Crippen LogP contribution in [-0.4, -0.2) is 31.1 Å². The number of ether oxygens (including phenoxy) is 1. The molecule has 0 bridgehead atoms. The molecule has 2 atom stereocenters. The van der Waals surface area contributed by atoms with Crippen LogP contribution in [0.4, 0.5) is 5.69 Å². The van der Waals surface area contributed by atoms with Crippen LogP contribution >= 0.6 is 0 Å². The third kappa shape index (κ3) is 6.34. The van der Waals surface area contributed by atoms with Crippen LogP contribution in [0, 0.1) is 11.8 Å². The van der Waals surface area contributed by atoms with E-state index in [1.165, 1.54) is 12.8 Å². The Morgan fingerprint density at radius 1 is 1.18 bits per heavy atom. The fraction of sp³-hybridized carbons (Fsp3) is 0.478. The molecule has 5 nitrogen and oxygen atoms in total. The number of anilines is 1. The van der Waals surface area contributed by atoms with Crippen LogP contribution in [0.25, 0.3) is 11.3 Å². The van der Waals surface area contributed by atoms with Gasteiger partial charge in [0.25, 0.3) is 0 Å². The molecule has 0 saturated carbocycles. The van der Waals surface area contributed by atoms with E-state index in [0.29, 0.717) is 5.75 Å². The topological polar surface area (TPSA) is 63.2 Å². The molecule has 1 aromatic carbocycles. The standard InChI is InChI=1S/C23H33N3O2/c1-5-6-13-24-15-12-17(2)18(3)23(27)26-22-16-19(28-4)10-11-20(22)21-9-7-8-14-25-21/h7-11,14,16-18,24H,5-6,12-13,15H2,1-4H3,(H,26,27). The Hall–Kier alpha value is -2.40. The van der Waals surface area contributed by atoms with Gasteiger partial charge in [0, 0.05) is 23.7 Å². The largest absolute Gasteiger partial charge is 0.497 e. The van der Waals surface area contributed by atoms with Gasteiger partial charge in [-0.2, -0.15) is 0 Å². The van der Waals surface area contributed by atoms with Crippen molar-refractivity contribution in [2.24, 2.45) is 11.8 Å². The van der Waals surface area contributed by atoms with E-state index < -0.39 is 0 Å². The number of nitrogens with zero attached hydrogens (tertiary/aromatic N) is 1. The molecule has 0 radical (unpaired) electrons. The molecule has 0 aliphatic rings. The summed E-state index contributed by atoms with van der Waals surface area (Å²) >= 11 is 0. The van der Waals surface area contributed by atoms with E-state index in [1.54, 1.807) is 13.3 Å². The van der Waals surface area contributed by atoms with Crippen molar-refractivity contribution in [2.75, 3.05) is 25.5 Å². The highest BCUT2D eigenvalue weighted by Crippen LogP contribution is 2.31. The molecule has 0 aliphatic heterocycles. The minimum atomic E-state index is -0.0873. The molecular formula is C23H33N3O2. The zero-order chi connectivity index (χ0) is 20.4. The van der Waals surface area contributed by atoms with Gasteiger partial charge in [0.2, 0.25) is 5.91 Å². The number of carbonyl (C=O) groups is 1. The Morgan fingerprint density at radius 3 is 2.68 bits per heavy atom. The Labute approximate surface area is 168 Å². The SMILES string of the molecule is CCCCNCCC(C)C(C)C(=O)Nc1cc(OC)ccc1-c1ccccn1. The van der Waals surface area contributed by atoms with Gasteiger partial charge in [-0.05, 0) is 56.1 Å². The van der Waals surface area contributed by atoms with Gasteiger partial charge >= 0.3 is 0 Å². The Balaban J connectivity index is 2.05. The van der Waals surface area contributed by atoms with Crippen molar-refractivity contribution in [1.29, 1.82) is 0 Å². The molecule has 1 heterocycles. The first-order chi connectivity index (χ1) is 13.6. The zero-order valence-electron chi connectivity index (χ0n) is 17.5. The van der Waals surface area contributed by atoms with Crippen LogP contribution in [0.3, 0.4) is 0 Å². The predicted octanol–water partition coefficient (Wildman–Crippen LogP) is 4.75. The normalized spacial score (nSPS) is 13.0. The molecule has 0 saturated heterocycles. The summed E-state index contributed by atoms with van der Waals surface area (Å²) in [5.41, 5.74) is 2.43. The molecule has 2 N–H and O–H groups in total. The van der Waals surface area contributed by atoms with E-state index in [4.69, 9.17) is 4.74 Å². The number of carbonyl (C=O) groups excluding carboxylic acids is 1. The van der Waals surface area contributed by atoms with E-state index in [2.05, 4.69) is 29.5 Å². The maximum atomic E-state index is 12.9. The molecule has 0 spiro atoms. The van der Waals surface area contributed by atoms with Gasteiger partial charge in [-0.25, -0.2) is 0 Å². The van der Waals surface area contributed by atoms with Gasteiger partial charge in [0.05, 0.1) is 18.5 Å². The lowest BCUT2D eigenvalue weighted by atomic mass is 9.92. The van der Waals surface area contributed by atoms with Crippen molar-refractivity contribution in [3.05, 3.63) is 42.6 Å². The van der Waals surface area contributed by atoms with Gasteiger partial charge < -0.3 is 15.4 Å². The van der Waals surface area contributed by atoms with Crippen molar-refractivity contribution < 1.29 is 9.53 Å². The van der Waals surface area contributed by atoms with Crippen LogP contribution in [-0.2, 0) is 4.79 Å². The van der Waals surface area contributed by atoms with Gasteiger partial charge in [-0.3, -0.25) is 9.78 Å². The second-order valence-electron chi connectivity index (χ2n) is 7.27. The molecule has 1 aromatic heterocycles. The first kappa shape index (κ1) is 21.9. The third-order valence-corrected chi connectivity index (χ3v) is 5.18. The van der Waals surface area contributed by atoms with Crippen LogP contribution in [0.2, 0.25) is 0 Å². The molecule has 0 aliphatic carbocycles. The third-order valence-electron chi connectivity index (χ3n) is 5.18. The van der Waals surface area contributed by atoms with E-state index in [9.17, 15) is 4.79 Å². The number of aromatic nitrogens is 1. The second kappa shape index (κ2) is 11.4. The van der Waals surface area contributed by atoms with Gasteiger partial charge in [-0.1, -0.05) is 33.3 Å². The molecule has 1 amide bonds. The average molecular weight is 384 g/mol. The number of unbranched alkanes of at least 4 members (excludes halogenated alkanes) is 1. The van der Waals surface area contributed by atoms with Crippen molar-refractivity contribution in [1.82, 2.24) is 10.3 Å². The van der Waals surface area contributed by atoms with Crippen molar-refractivity contribution in [3.8, 4) is 17.0 Å². The van der Waals surface area contributed by atoms with Crippen molar-refractivity contribution in [3.63, 3.8) is 0 Å². The summed E-state index contributed by atoms with van der Waals surface area (Å²) in [4.78, 5) is 17.3. The Kier molecular flexibility index (Phi) is 8.95. The van der Waals surface area contributed by atoms with E-state index in [-0.39, 0.29) is 17.7 Å². The van der Waals surface area contributed by atoms with Crippen LogP contribution in [0.5, 0.6) is 5.75 Å². The second-order valence-corrected chi connectivity index (χ2v) is 7.27. The molecule has 28 heavy (non-hydrogen) atoms. The van der Waals surface area contributed by atoms with Gasteiger partial charge in [0.1, 0.15) is 5.75 Å². The summed E-state index contributed by atoms with van der Waals surface area (Å²) in [6, 6.07) is 11.4. The van der Waals surface area contributed by atoms with Crippen molar-refractivity contribution >= 4 is 11.6 Å². The van der Waals surface area contributed by atoms with Crippen LogP contribution in [0.15, 0.2) is 42.6 Å². The van der Waals surface area contributed by atoms with Crippen LogP contribution < -0.4 is 15.4 Å². The molecule has 5 heteroatoms. The average Bonchev–Trinajstić information content (AvgIpc) is 2.73. The predicted molar refractivity (Wildman–Crippen MR) is 116 cm³/mol. The monoisotopic (exact) mass is 383 g/mol. The highest BCUT2D eigenvalue weighted by molar-refractivity contribution is 5.96. The molecule has 152 valence electrons. The molecule has 2 aromatic rings. The smallest absolute Gasteiger partial charge is 0.227 e. The number of hydrogen-bond donors (Lipinski definition) is 2. The number of benzene rings is 1. The Morgan fingerprint density at radius 2 is 2.00 bits per heavy atom. The fourth-order valence-electron chi connectivity index (χ4n) is 3.01. The van der Waals surface area contributed by atoms with E-state index in [0.717, 1.165) is 36.5 Å². The molecular weight excluding hydrogens is 350 g/mol. The minimum Gasteiger partial charge on any atom is -0.497 e. The van der Waals surface area contributed by atoms with Gasteiger partial charge in [-0.15, -0.1) is 0 Å². The maximum Gasteiger partial charge on any atom is 0.227 e. The number of amides is 1. The van der Waals surface area contributed by atoms with Crippen LogP contribution in [0.1, 0.15) is 40.0 Å². The number of pyridine rings is 1. The fourth-order valence-corrected chi connectivity index (χ4v) is 3.01. The lowest BCUT2D eigenvalue weighted by Crippen LogP contribution is -2.28. The van der Waals surface area contributed by atoms with E-state index in [1.807, 2.05) is 43.3 Å². The molecule has 2 rings (SSSR count). The lowest BCUT2D eigenvalue weighted by Gasteiger charge is -2.21. The summed E-state index contributed by atoms with van der Waals surface area (Å²) in [6.07, 6.45) is 5.11. The number of hydrogen-bond acceptors (Lipinski definition) is 4. The van der Waals surface area contributed by atoms with E-state index >= 15 is 0 Å². The summed E-state index contributed by atoms with van der Waals surface area (Å²) in [5.74, 6) is 0.927. The summed E-state index contributed by atoms with van der Waals surface area (Å²) < 4.78 is 5.34. The summed E-state index contributed by atoms with van der Waals surface area (Å²) in [6.45, 7) is 8.30. The lowest BCUT2D eigenvalue weighted by molar-refractivity contribution is -0.120. The molecule has 0 fully saturated rings. The highest BCUT2D eigenvalue weighted by atomic mass is 16.5. The quantitative estimate of drug-likeness (QED) is 0.550.